The maximum absolute atomic E-state index is 12.2. The standard InChI is InChI=1S/C23H26O.C7H16.C2H6/c1-5-6-7-17-10-11-19-20(12-13-22(19)24)23(17)21-14-18(15(2)3)9-8-16(21)4;1-4-6-7(3)5-2;1-2/h8-11,14H,2,5-7,12-13H2,1,3-4H3;7H,4-6H2,1-3H3;1-2H3. The summed E-state index contributed by atoms with van der Waals surface area (Å²) >= 11 is 0. The van der Waals surface area contributed by atoms with Crippen molar-refractivity contribution in [2.45, 2.75) is 107 Å². The zero-order chi connectivity index (χ0) is 25.0. The summed E-state index contributed by atoms with van der Waals surface area (Å²) in [4.78, 5) is 12.2. The molecule has 182 valence electrons. The average Bonchev–Trinajstić information content (AvgIpc) is 3.20. The Morgan fingerprint density at radius 3 is 2.24 bits per heavy atom. The summed E-state index contributed by atoms with van der Waals surface area (Å²) in [5.74, 6) is 1.24. The van der Waals surface area contributed by atoms with Crippen LogP contribution in [0.25, 0.3) is 16.7 Å². The van der Waals surface area contributed by atoms with Crippen molar-refractivity contribution < 1.29 is 4.79 Å². The third-order valence-corrected chi connectivity index (χ3v) is 6.58. The first-order valence-electron chi connectivity index (χ1n) is 13.3. The number of benzene rings is 2. The largest absolute Gasteiger partial charge is 0.294 e. The Bertz CT molecular complexity index is 903. The van der Waals surface area contributed by atoms with Crippen LogP contribution in [-0.4, -0.2) is 5.78 Å². The molecule has 0 fully saturated rings. The van der Waals surface area contributed by atoms with E-state index in [4.69, 9.17) is 0 Å². The smallest absolute Gasteiger partial charge is 0.163 e. The molecular formula is C32H48O. The summed E-state index contributed by atoms with van der Waals surface area (Å²) in [6.45, 7) is 21.3. The maximum Gasteiger partial charge on any atom is 0.163 e. The van der Waals surface area contributed by atoms with E-state index in [1.807, 2.05) is 20.8 Å². The highest BCUT2D eigenvalue weighted by Crippen LogP contribution is 2.38. The first-order chi connectivity index (χ1) is 15.8. The Kier molecular flexibility index (Phi) is 13.0. The van der Waals surface area contributed by atoms with Crippen molar-refractivity contribution in [1.82, 2.24) is 0 Å². The number of rotatable bonds is 8. The first-order valence-corrected chi connectivity index (χ1v) is 13.3. The highest BCUT2D eigenvalue weighted by Gasteiger charge is 2.25. The van der Waals surface area contributed by atoms with Crippen molar-refractivity contribution in [3.05, 3.63) is 64.7 Å². The van der Waals surface area contributed by atoms with E-state index in [1.165, 1.54) is 65.5 Å². The van der Waals surface area contributed by atoms with Crippen LogP contribution in [0.5, 0.6) is 0 Å². The van der Waals surface area contributed by atoms with Crippen molar-refractivity contribution in [3.8, 4) is 11.1 Å². The van der Waals surface area contributed by atoms with Crippen LogP contribution in [0.2, 0.25) is 0 Å². The first kappa shape index (κ1) is 28.9. The van der Waals surface area contributed by atoms with Crippen LogP contribution in [0.3, 0.4) is 0 Å². The molecule has 33 heavy (non-hydrogen) atoms. The molecule has 0 saturated carbocycles. The van der Waals surface area contributed by atoms with Gasteiger partial charge in [-0.15, -0.1) is 0 Å². The molecule has 2 aromatic carbocycles. The second-order valence-electron chi connectivity index (χ2n) is 9.26. The fraction of sp³-hybridized carbons (Fsp3) is 0.531. The highest BCUT2D eigenvalue weighted by atomic mass is 16.1. The lowest BCUT2D eigenvalue weighted by molar-refractivity contribution is 0.0994. The molecule has 0 radical (unpaired) electrons. The van der Waals surface area contributed by atoms with Gasteiger partial charge in [-0.2, -0.15) is 0 Å². The maximum atomic E-state index is 12.2. The molecule has 1 aliphatic rings. The third kappa shape index (κ3) is 7.98. The van der Waals surface area contributed by atoms with Gasteiger partial charge in [-0.05, 0) is 78.5 Å². The van der Waals surface area contributed by atoms with E-state index in [0.717, 1.165) is 29.9 Å². The lowest BCUT2D eigenvalue weighted by Gasteiger charge is -2.18. The van der Waals surface area contributed by atoms with Gasteiger partial charge in [0.15, 0.2) is 5.78 Å². The molecule has 2 aromatic rings. The number of allylic oxidation sites excluding steroid dienone is 1. The normalized spacial score (nSPS) is 12.8. The zero-order valence-electron chi connectivity index (χ0n) is 22.7. The van der Waals surface area contributed by atoms with Crippen LogP contribution in [0.15, 0.2) is 36.9 Å². The van der Waals surface area contributed by atoms with Crippen molar-refractivity contribution in [1.29, 1.82) is 0 Å². The van der Waals surface area contributed by atoms with E-state index in [-0.39, 0.29) is 0 Å². The van der Waals surface area contributed by atoms with E-state index in [1.54, 1.807) is 0 Å². The zero-order valence-corrected chi connectivity index (χ0v) is 22.7. The van der Waals surface area contributed by atoms with Crippen molar-refractivity contribution in [2.24, 2.45) is 5.92 Å². The molecule has 1 aliphatic carbocycles. The molecule has 0 N–H and O–H groups in total. The number of hydrogen-bond donors (Lipinski definition) is 0. The SMILES string of the molecule is C=C(C)c1ccc(C)c(-c2c(CCCC)ccc3c2CCC3=O)c1.CC.CCCC(C)CC. The lowest BCUT2D eigenvalue weighted by Crippen LogP contribution is -2.00. The second-order valence-corrected chi connectivity index (χ2v) is 9.26. The van der Waals surface area contributed by atoms with Crippen LogP contribution >= 0.6 is 0 Å². The summed E-state index contributed by atoms with van der Waals surface area (Å²) in [5.41, 5.74) is 9.69. The van der Waals surface area contributed by atoms with Gasteiger partial charge in [0, 0.05) is 12.0 Å². The summed E-state index contributed by atoms with van der Waals surface area (Å²) in [6, 6.07) is 10.8. The molecule has 1 unspecified atom stereocenters. The van der Waals surface area contributed by atoms with Gasteiger partial charge < -0.3 is 0 Å². The minimum atomic E-state index is 0.294. The average molecular weight is 449 g/mol. The Morgan fingerprint density at radius 2 is 1.70 bits per heavy atom. The predicted octanol–water partition coefficient (Wildman–Crippen LogP) is 10.0. The Morgan fingerprint density at radius 1 is 1.00 bits per heavy atom. The summed E-state index contributed by atoms with van der Waals surface area (Å²) < 4.78 is 0. The van der Waals surface area contributed by atoms with Crippen LogP contribution in [0.4, 0.5) is 0 Å². The number of unbranched alkanes of at least 4 members (excludes halogenated alkanes) is 1. The molecule has 3 rings (SSSR count). The molecule has 1 nitrogen and oxygen atoms in total. The Labute approximate surface area is 204 Å². The van der Waals surface area contributed by atoms with E-state index in [0.29, 0.717) is 12.2 Å². The molecular weight excluding hydrogens is 400 g/mol. The minimum absolute atomic E-state index is 0.294. The van der Waals surface area contributed by atoms with Gasteiger partial charge in [0.25, 0.3) is 0 Å². The van der Waals surface area contributed by atoms with Crippen molar-refractivity contribution >= 4 is 11.4 Å². The molecule has 1 atom stereocenters. The van der Waals surface area contributed by atoms with Gasteiger partial charge in [0.05, 0.1) is 0 Å². The van der Waals surface area contributed by atoms with Crippen LogP contribution in [-0.2, 0) is 12.8 Å². The van der Waals surface area contributed by atoms with E-state index in [2.05, 4.69) is 71.5 Å². The number of fused-ring (bicyclic) bond motifs is 1. The molecule has 0 bridgehead atoms. The number of Topliss-reactive ketones (excluding diaryl/α,β-unsaturated/α-hetero) is 1. The van der Waals surface area contributed by atoms with Gasteiger partial charge in [-0.1, -0.05) is 104 Å². The number of carbonyl (C=O) groups is 1. The van der Waals surface area contributed by atoms with E-state index < -0.39 is 0 Å². The third-order valence-electron chi connectivity index (χ3n) is 6.58. The molecule has 1 heteroatoms. The monoisotopic (exact) mass is 448 g/mol. The fourth-order valence-corrected chi connectivity index (χ4v) is 4.36. The van der Waals surface area contributed by atoms with Gasteiger partial charge >= 0.3 is 0 Å². The van der Waals surface area contributed by atoms with Crippen LogP contribution in [0, 0.1) is 12.8 Å². The molecule has 0 spiro atoms. The van der Waals surface area contributed by atoms with Gasteiger partial charge in [-0.25, -0.2) is 0 Å². The minimum Gasteiger partial charge on any atom is -0.294 e. The fourth-order valence-electron chi connectivity index (χ4n) is 4.36. The van der Waals surface area contributed by atoms with E-state index in [9.17, 15) is 4.79 Å². The van der Waals surface area contributed by atoms with Crippen molar-refractivity contribution in [2.75, 3.05) is 0 Å². The van der Waals surface area contributed by atoms with Gasteiger partial charge in [0.2, 0.25) is 0 Å². The number of aryl methyl sites for hydroxylation is 2. The van der Waals surface area contributed by atoms with Crippen LogP contribution < -0.4 is 0 Å². The second kappa shape index (κ2) is 14.9. The Balaban J connectivity index is 0.000000520. The number of ketones is 1. The summed E-state index contributed by atoms with van der Waals surface area (Å²) in [6.07, 6.45) is 9.04. The number of hydrogen-bond acceptors (Lipinski definition) is 1. The molecule has 0 aliphatic heterocycles. The predicted molar refractivity (Wildman–Crippen MR) is 148 cm³/mol. The molecule has 0 saturated heterocycles. The lowest BCUT2D eigenvalue weighted by atomic mass is 9.86. The van der Waals surface area contributed by atoms with Crippen LogP contribution in [0.1, 0.15) is 120 Å². The quantitative estimate of drug-likeness (QED) is 0.392. The highest BCUT2D eigenvalue weighted by molar-refractivity contribution is 6.03. The number of carbonyl (C=O) groups excluding carboxylic acids is 1. The molecule has 0 heterocycles. The van der Waals surface area contributed by atoms with E-state index >= 15 is 0 Å². The topological polar surface area (TPSA) is 17.1 Å². The van der Waals surface area contributed by atoms with Crippen molar-refractivity contribution in [3.63, 3.8) is 0 Å². The molecule has 0 aromatic heterocycles. The van der Waals surface area contributed by atoms with Gasteiger partial charge in [-0.3, -0.25) is 4.79 Å². The van der Waals surface area contributed by atoms with Gasteiger partial charge in [0.1, 0.15) is 0 Å². The Hall–Kier alpha value is -2.15. The molecule has 0 amide bonds. The summed E-state index contributed by atoms with van der Waals surface area (Å²) in [5, 5.41) is 0. The summed E-state index contributed by atoms with van der Waals surface area (Å²) in [7, 11) is 0.